The smallest absolute Gasteiger partial charge is 0.224 e. The van der Waals surface area contributed by atoms with Crippen LogP contribution in [0.5, 0.6) is 0 Å². The van der Waals surface area contributed by atoms with Gasteiger partial charge in [-0.05, 0) is 41.5 Å². The fourth-order valence-corrected chi connectivity index (χ4v) is 2.16. The molecular weight excluding hydrogens is 296 g/mol. The van der Waals surface area contributed by atoms with Crippen LogP contribution in [0.4, 0.5) is 4.39 Å². The van der Waals surface area contributed by atoms with Gasteiger partial charge in [0.2, 0.25) is 5.95 Å². The maximum absolute atomic E-state index is 13.3. The van der Waals surface area contributed by atoms with Crippen LogP contribution in [0.25, 0.3) is 0 Å². The van der Waals surface area contributed by atoms with Crippen LogP contribution in [0, 0.1) is 15.4 Å². The molecule has 0 atom stereocenters. The summed E-state index contributed by atoms with van der Waals surface area (Å²) >= 11 is 1.97. The van der Waals surface area contributed by atoms with E-state index in [4.69, 9.17) is 0 Å². The number of hydrogen-bond donors (Lipinski definition) is 0. The van der Waals surface area contributed by atoms with Crippen molar-refractivity contribution >= 4 is 28.4 Å². The summed E-state index contributed by atoms with van der Waals surface area (Å²) < 4.78 is 13.9. The highest BCUT2D eigenvalue weighted by Gasteiger charge is 2.29. The second-order valence-corrected chi connectivity index (χ2v) is 4.61. The summed E-state index contributed by atoms with van der Waals surface area (Å²) in [5, 5.41) is 0. The molecule has 1 fully saturated rings. The number of carbonyl (C=O) groups is 1. The second kappa shape index (κ2) is 3.92. The summed E-state index contributed by atoms with van der Waals surface area (Å²) in [7, 11) is 0. The van der Waals surface area contributed by atoms with Crippen molar-refractivity contribution in [3.05, 3.63) is 27.3 Å². The molecule has 1 heterocycles. The Kier molecular flexibility index (Phi) is 2.80. The van der Waals surface area contributed by atoms with Crippen LogP contribution in [-0.2, 0) is 0 Å². The first-order valence-corrected chi connectivity index (χ1v) is 5.62. The van der Waals surface area contributed by atoms with Crippen LogP contribution in [-0.4, -0.2) is 10.8 Å². The van der Waals surface area contributed by atoms with Crippen LogP contribution in [0.2, 0.25) is 0 Å². The van der Waals surface area contributed by atoms with E-state index in [0.29, 0.717) is 3.57 Å². The van der Waals surface area contributed by atoms with Crippen LogP contribution in [0.15, 0.2) is 12.3 Å². The number of Topliss-reactive ketones (excluding diaryl/α,β-unsaturated/α-hetero) is 1. The topological polar surface area (TPSA) is 30.0 Å². The minimum Gasteiger partial charge on any atom is -0.294 e. The first-order valence-electron chi connectivity index (χ1n) is 4.54. The molecule has 0 bridgehead atoms. The Balaban J connectivity index is 2.34. The zero-order valence-corrected chi connectivity index (χ0v) is 9.62. The van der Waals surface area contributed by atoms with E-state index in [1.165, 1.54) is 6.20 Å². The number of carbonyl (C=O) groups excluding carboxylic acids is 1. The Morgan fingerprint density at radius 3 is 2.79 bits per heavy atom. The Hall–Kier alpha value is -0.520. The molecule has 14 heavy (non-hydrogen) atoms. The van der Waals surface area contributed by atoms with Gasteiger partial charge in [-0.15, -0.1) is 0 Å². The maximum Gasteiger partial charge on any atom is 0.224 e. The van der Waals surface area contributed by atoms with Gasteiger partial charge in [-0.25, -0.2) is 4.98 Å². The van der Waals surface area contributed by atoms with Crippen molar-refractivity contribution in [2.45, 2.75) is 19.3 Å². The predicted octanol–water partition coefficient (Wildman–Crippen LogP) is 2.81. The normalized spacial score (nSPS) is 16.4. The van der Waals surface area contributed by atoms with Gasteiger partial charge < -0.3 is 0 Å². The lowest BCUT2D eigenvalue weighted by Gasteiger charge is -2.24. The maximum atomic E-state index is 13.3. The van der Waals surface area contributed by atoms with E-state index in [-0.39, 0.29) is 17.3 Å². The number of pyridine rings is 1. The van der Waals surface area contributed by atoms with E-state index in [2.05, 4.69) is 4.98 Å². The zero-order chi connectivity index (χ0) is 10.1. The summed E-state index contributed by atoms with van der Waals surface area (Å²) in [5.41, 5.74) is 0.179. The minimum absolute atomic E-state index is 0.0298. The molecule has 2 rings (SSSR count). The standard InChI is InChI=1S/C10H9FINO/c11-10-8(7(12)4-5-13-10)9(14)6-2-1-3-6/h4-6H,1-3H2. The molecule has 0 aliphatic heterocycles. The molecule has 2 nitrogen and oxygen atoms in total. The van der Waals surface area contributed by atoms with Gasteiger partial charge in [0.15, 0.2) is 5.78 Å². The average Bonchev–Trinajstić information content (AvgIpc) is 2.00. The summed E-state index contributed by atoms with van der Waals surface area (Å²) in [6.07, 6.45) is 4.25. The minimum atomic E-state index is -0.631. The molecule has 1 aliphatic carbocycles. The van der Waals surface area contributed by atoms with Gasteiger partial charge in [-0.3, -0.25) is 4.79 Å². The highest BCUT2D eigenvalue weighted by atomic mass is 127. The predicted molar refractivity (Wildman–Crippen MR) is 58.6 cm³/mol. The van der Waals surface area contributed by atoms with Crippen molar-refractivity contribution in [1.82, 2.24) is 4.98 Å². The van der Waals surface area contributed by atoms with Gasteiger partial charge in [0, 0.05) is 15.7 Å². The van der Waals surface area contributed by atoms with Crippen LogP contribution in [0.1, 0.15) is 29.6 Å². The van der Waals surface area contributed by atoms with Crippen molar-refractivity contribution < 1.29 is 9.18 Å². The molecule has 0 radical (unpaired) electrons. The van der Waals surface area contributed by atoms with E-state index >= 15 is 0 Å². The summed E-state index contributed by atoms with van der Waals surface area (Å²) in [6.45, 7) is 0. The Labute approximate surface area is 95.1 Å². The molecular formula is C10H9FINO. The first kappa shape index (κ1) is 10.0. The lowest BCUT2D eigenvalue weighted by Crippen LogP contribution is -2.24. The number of rotatable bonds is 2. The van der Waals surface area contributed by atoms with E-state index in [9.17, 15) is 9.18 Å². The van der Waals surface area contributed by atoms with Crippen molar-refractivity contribution in [2.75, 3.05) is 0 Å². The number of halogens is 2. The fraction of sp³-hybridized carbons (Fsp3) is 0.400. The fourth-order valence-electron chi connectivity index (χ4n) is 1.51. The van der Waals surface area contributed by atoms with Gasteiger partial charge in [0.25, 0.3) is 0 Å². The molecule has 0 saturated heterocycles. The van der Waals surface area contributed by atoms with Crippen molar-refractivity contribution in [2.24, 2.45) is 5.92 Å². The molecule has 74 valence electrons. The largest absolute Gasteiger partial charge is 0.294 e. The molecule has 4 heteroatoms. The third kappa shape index (κ3) is 1.67. The van der Waals surface area contributed by atoms with Gasteiger partial charge in [0.05, 0.1) is 5.56 Å². The van der Waals surface area contributed by atoms with Crippen LogP contribution >= 0.6 is 22.6 Å². The number of aromatic nitrogens is 1. The van der Waals surface area contributed by atoms with Crippen LogP contribution in [0.3, 0.4) is 0 Å². The highest BCUT2D eigenvalue weighted by Crippen LogP contribution is 2.31. The molecule has 0 amide bonds. The van der Waals surface area contributed by atoms with E-state index in [1.54, 1.807) is 6.07 Å². The summed E-state index contributed by atoms with van der Waals surface area (Å²) in [5.74, 6) is -0.678. The Bertz CT molecular complexity index is 356. The third-order valence-corrected chi connectivity index (χ3v) is 3.48. The summed E-state index contributed by atoms with van der Waals surface area (Å²) in [4.78, 5) is 15.3. The number of ketones is 1. The molecule has 1 aliphatic rings. The van der Waals surface area contributed by atoms with E-state index < -0.39 is 5.95 Å². The van der Waals surface area contributed by atoms with Crippen LogP contribution < -0.4 is 0 Å². The van der Waals surface area contributed by atoms with Gasteiger partial charge in [0.1, 0.15) is 0 Å². The van der Waals surface area contributed by atoms with Gasteiger partial charge >= 0.3 is 0 Å². The lowest BCUT2D eigenvalue weighted by atomic mass is 9.80. The van der Waals surface area contributed by atoms with Gasteiger partial charge in [-0.2, -0.15) is 4.39 Å². The van der Waals surface area contributed by atoms with Crippen molar-refractivity contribution in [1.29, 1.82) is 0 Å². The molecule has 1 aromatic rings. The zero-order valence-electron chi connectivity index (χ0n) is 7.46. The Morgan fingerprint density at radius 2 is 2.29 bits per heavy atom. The molecule has 0 N–H and O–H groups in total. The van der Waals surface area contributed by atoms with E-state index in [0.717, 1.165) is 19.3 Å². The first-order chi connectivity index (χ1) is 6.70. The highest BCUT2D eigenvalue weighted by molar-refractivity contribution is 14.1. The molecule has 1 saturated carbocycles. The molecule has 0 unspecified atom stereocenters. The lowest BCUT2D eigenvalue weighted by molar-refractivity contribution is 0.0849. The van der Waals surface area contributed by atoms with Crippen molar-refractivity contribution in [3.8, 4) is 0 Å². The van der Waals surface area contributed by atoms with Gasteiger partial charge in [-0.1, -0.05) is 6.42 Å². The number of nitrogens with zero attached hydrogens (tertiary/aromatic N) is 1. The second-order valence-electron chi connectivity index (χ2n) is 3.45. The molecule has 1 aromatic heterocycles. The molecule has 0 aromatic carbocycles. The Morgan fingerprint density at radius 1 is 1.57 bits per heavy atom. The molecule has 0 spiro atoms. The summed E-state index contributed by atoms with van der Waals surface area (Å²) in [6, 6.07) is 1.66. The average molecular weight is 305 g/mol. The van der Waals surface area contributed by atoms with E-state index in [1.807, 2.05) is 22.6 Å². The number of hydrogen-bond acceptors (Lipinski definition) is 2. The third-order valence-electron chi connectivity index (χ3n) is 2.58. The SMILES string of the molecule is O=C(c1c(I)ccnc1F)C1CCC1. The monoisotopic (exact) mass is 305 g/mol. The van der Waals surface area contributed by atoms with Crippen molar-refractivity contribution in [3.63, 3.8) is 0 Å². The quantitative estimate of drug-likeness (QED) is 0.478.